The minimum absolute atomic E-state index is 0.0302. The van der Waals surface area contributed by atoms with Crippen molar-refractivity contribution in [1.82, 2.24) is 9.99 Å². The zero-order chi connectivity index (χ0) is 25.6. The van der Waals surface area contributed by atoms with Crippen LogP contribution >= 0.6 is 0 Å². The smallest absolute Gasteiger partial charge is 0.270 e. The summed E-state index contributed by atoms with van der Waals surface area (Å²) in [5, 5.41) is 16.1. The van der Waals surface area contributed by atoms with Crippen molar-refractivity contribution in [2.75, 3.05) is 0 Å². The molecule has 0 unspecified atom stereocenters. The largest absolute Gasteiger partial charge is 0.339 e. The highest BCUT2D eigenvalue weighted by atomic mass is 16.6. The Morgan fingerprint density at radius 2 is 1.54 bits per heavy atom. The molecule has 7 nitrogen and oxygen atoms in total. The van der Waals surface area contributed by atoms with Gasteiger partial charge in [-0.2, -0.15) is 5.10 Å². The molecule has 5 aromatic rings. The molecule has 0 saturated carbocycles. The van der Waals surface area contributed by atoms with Crippen molar-refractivity contribution in [3.05, 3.63) is 125 Å². The Balaban J connectivity index is 1.44. The summed E-state index contributed by atoms with van der Waals surface area (Å²) in [4.78, 5) is 23.2. The number of hydrogen-bond acceptors (Lipinski definition) is 4. The quantitative estimate of drug-likeness (QED) is 0.155. The Hall–Kier alpha value is -5.04. The second-order valence-electron chi connectivity index (χ2n) is 8.52. The molecule has 37 heavy (non-hydrogen) atoms. The van der Waals surface area contributed by atoms with Crippen molar-refractivity contribution < 1.29 is 9.72 Å². The highest BCUT2D eigenvalue weighted by Gasteiger charge is 2.20. The van der Waals surface area contributed by atoms with Gasteiger partial charge < -0.3 is 4.57 Å². The maximum absolute atomic E-state index is 12.7. The molecule has 1 amide bonds. The normalized spacial score (nSPS) is 11.1. The van der Waals surface area contributed by atoms with Gasteiger partial charge in [0.25, 0.3) is 5.69 Å². The van der Waals surface area contributed by atoms with Crippen molar-refractivity contribution in [3.8, 4) is 22.4 Å². The first-order valence-corrected chi connectivity index (χ1v) is 11.9. The van der Waals surface area contributed by atoms with Crippen LogP contribution in [0.2, 0.25) is 0 Å². The van der Waals surface area contributed by atoms with E-state index >= 15 is 0 Å². The number of para-hydroxylation sites is 1. The van der Waals surface area contributed by atoms with E-state index in [1.807, 2.05) is 48.5 Å². The molecule has 0 spiro atoms. The van der Waals surface area contributed by atoms with Crippen LogP contribution in [0.15, 0.2) is 114 Å². The van der Waals surface area contributed by atoms with Crippen molar-refractivity contribution >= 4 is 28.7 Å². The number of fused-ring (bicyclic) bond motifs is 1. The molecule has 0 aliphatic rings. The maximum atomic E-state index is 12.7. The molecule has 1 N–H and O–H groups in total. The van der Waals surface area contributed by atoms with Crippen LogP contribution in [0.3, 0.4) is 0 Å². The van der Waals surface area contributed by atoms with E-state index in [0.29, 0.717) is 12.1 Å². The molecule has 0 radical (unpaired) electrons. The minimum Gasteiger partial charge on any atom is -0.339 e. The molecular formula is C30H24N4O3. The van der Waals surface area contributed by atoms with E-state index in [0.717, 1.165) is 33.3 Å². The van der Waals surface area contributed by atoms with Crippen LogP contribution in [0.4, 0.5) is 5.69 Å². The number of nitrogens with zero attached hydrogens (tertiary/aromatic N) is 3. The third kappa shape index (κ3) is 5.16. The fourth-order valence-corrected chi connectivity index (χ4v) is 4.50. The lowest BCUT2D eigenvalue weighted by Gasteiger charge is -2.13. The van der Waals surface area contributed by atoms with Gasteiger partial charge >= 0.3 is 0 Å². The van der Waals surface area contributed by atoms with E-state index in [1.54, 1.807) is 12.1 Å². The summed E-state index contributed by atoms with van der Waals surface area (Å²) in [6.45, 7) is 0.454. The Labute approximate surface area is 213 Å². The highest BCUT2D eigenvalue weighted by molar-refractivity contribution is 6.04. The number of nitro groups is 1. The van der Waals surface area contributed by atoms with Gasteiger partial charge in [-0.05, 0) is 17.2 Å². The summed E-state index contributed by atoms with van der Waals surface area (Å²) >= 11 is 0. The molecule has 1 aromatic heterocycles. The van der Waals surface area contributed by atoms with Gasteiger partial charge in [0.1, 0.15) is 0 Å². The van der Waals surface area contributed by atoms with Gasteiger partial charge in [-0.1, -0.05) is 91.0 Å². The summed E-state index contributed by atoms with van der Waals surface area (Å²) < 4.78 is 2.19. The second-order valence-corrected chi connectivity index (χ2v) is 8.52. The minimum atomic E-state index is -0.467. The van der Waals surface area contributed by atoms with Crippen LogP contribution in [0.25, 0.3) is 33.3 Å². The monoisotopic (exact) mass is 488 g/mol. The first-order chi connectivity index (χ1) is 18.1. The third-order valence-corrected chi connectivity index (χ3v) is 6.13. The van der Waals surface area contributed by atoms with Crippen LogP contribution in [0.1, 0.15) is 12.0 Å². The van der Waals surface area contributed by atoms with Crippen molar-refractivity contribution in [3.63, 3.8) is 0 Å². The fraction of sp³-hybridized carbons (Fsp3) is 0.0667. The molecular weight excluding hydrogens is 464 g/mol. The molecule has 5 rings (SSSR count). The molecule has 0 fully saturated rings. The molecule has 182 valence electrons. The maximum Gasteiger partial charge on any atom is 0.270 e. The SMILES string of the molecule is O=C(CCn1c(-c2ccccc2)c(-c2ccccc2)c2ccccc21)N/N=C/c1cccc([N+](=O)[O-])c1. The van der Waals surface area contributed by atoms with E-state index in [9.17, 15) is 14.9 Å². The predicted molar refractivity (Wildman–Crippen MR) is 146 cm³/mol. The lowest BCUT2D eigenvalue weighted by Crippen LogP contribution is -2.19. The number of nitrogens with one attached hydrogen (secondary N) is 1. The number of amides is 1. The van der Waals surface area contributed by atoms with E-state index in [4.69, 9.17) is 0 Å². The summed E-state index contributed by atoms with van der Waals surface area (Å²) in [6.07, 6.45) is 1.61. The van der Waals surface area contributed by atoms with Crippen molar-refractivity contribution in [2.24, 2.45) is 5.10 Å². The number of hydrogen-bond donors (Lipinski definition) is 1. The van der Waals surface area contributed by atoms with Gasteiger partial charge in [0.15, 0.2) is 0 Å². The number of non-ortho nitro benzene ring substituents is 1. The molecule has 1 heterocycles. The second kappa shape index (κ2) is 10.7. The van der Waals surface area contributed by atoms with Gasteiger partial charge in [-0.25, -0.2) is 5.43 Å². The number of rotatable bonds is 8. The number of aryl methyl sites for hydroxylation is 1. The molecule has 4 aromatic carbocycles. The summed E-state index contributed by atoms with van der Waals surface area (Å²) in [5.74, 6) is -0.250. The Kier molecular flexibility index (Phi) is 6.85. The van der Waals surface area contributed by atoms with Crippen LogP contribution in [0, 0.1) is 10.1 Å². The van der Waals surface area contributed by atoms with E-state index < -0.39 is 4.92 Å². The Morgan fingerprint density at radius 3 is 2.27 bits per heavy atom. The molecule has 0 aliphatic carbocycles. The Bertz CT molecular complexity index is 1590. The lowest BCUT2D eigenvalue weighted by molar-refractivity contribution is -0.384. The summed E-state index contributed by atoms with van der Waals surface area (Å²) in [6, 6.07) is 34.8. The number of nitro benzene ring substituents is 1. The number of carbonyl (C=O) groups is 1. The molecule has 0 bridgehead atoms. The van der Waals surface area contributed by atoms with Crippen molar-refractivity contribution in [1.29, 1.82) is 0 Å². The predicted octanol–water partition coefficient (Wildman–Crippen LogP) is 6.42. The number of benzene rings is 4. The van der Waals surface area contributed by atoms with Crippen molar-refractivity contribution in [2.45, 2.75) is 13.0 Å². The zero-order valence-corrected chi connectivity index (χ0v) is 20.0. The van der Waals surface area contributed by atoms with Crippen LogP contribution < -0.4 is 5.43 Å². The zero-order valence-electron chi connectivity index (χ0n) is 20.0. The van der Waals surface area contributed by atoms with Gasteiger partial charge in [0.05, 0.1) is 16.8 Å². The third-order valence-electron chi connectivity index (χ3n) is 6.13. The average Bonchev–Trinajstić information content (AvgIpc) is 3.27. The summed E-state index contributed by atoms with van der Waals surface area (Å²) in [7, 11) is 0. The molecule has 0 aliphatic heterocycles. The topological polar surface area (TPSA) is 89.5 Å². The van der Waals surface area contributed by atoms with Gasteiger partial charge in [-0.15, -0.1) is 0 Å². The number of hydrazone groups is 1. The Morgan fingerprint density at radius 1 is 0.865 bits per heavy atom. The van der Waals surface area contributed by atoms with Crippen LogP contribution in [-0.2, 0) is 11.3 Å². The fourth-order valence-electron chi connectivity index (χ4n) is 4.50. The molecule has 0 saturated heterocycles. The van der Waals surface area contributed by atoms with E-state index in [2.05, 4.69) is 51.5 Å². The van der Waals surface area contributed by atoms with Crippen LogP contribution in [0.5, 0.6) is 0 Å². The van der Waals surface area contributed by atoms with Crippen LogP contribution in [-0.4, -0.2) is 21.6 Å². The summed E-state index contributed by atoms with van der Waals surface area (Å²) in [5.41, 5.74) is 8.47. The van der Waals surface area contributed by atoms with Gasteiger partial charge in [-0.3, -0.25) is 14.9 Å². The molecule has 0 atom stereocenters. The van der Waals surface area contributed by atoms with Gasteiger partial charge in [0.2, 0.25) is 5.91 Å². The molecule has 7 heteroatoms. The first kappa shape index (κ1) is 23.7. The van der Waals surface area contributed by atoms with E-state index in [1.165, 1.54) is 18.3 Å². The number of aromatic nitrogens is 1. The standard InChI is InChI=1S/C30H24N4O3/c35-28(32-31-21-22-10-9-15-25(20-22)34(36)37)18-19-33-27-17-8-7-16-26(27)29(23-11-3-1-4-12-23)30(33)24-13-5-2-6-14-24/h1-17,20-21H,18-19H2,(H,32,35)/b31-21+. The number of carbonyl (C=O) groups excluding carboxylic acids is 1. The van der Waals surface area contributed by atoms with Gasteiger partial charge in [0, 0.05) is 47.1 Å². The lowest BCUT2D eigenvalue weighted by atomic mass is 9.98. The first-order valence-electron chi connectivity index (χ1n) is 11.9. The average molecular weight is 489 g/mol. The van der Waals surface area contributed by atoms with E-state index in [-0.39, 0.29) is 18.0 Å². The highest BCUT2D eigenvalue weighted by Crippen LogP contribution is 2.40.